The van der Waals surface area contributed by atoms with Crippen LogP contribution in [0.4, 0.5) is 9.18 Å². The molecular formula is C23H30FN5O3. The summed E-state index contributed by atoms with van der Waals surface area (Å²) in [5.41, 5.74) is 0.950. The van der Waals surface area contributed by atoms with Crippen LogP contribution in [0.1, 0.15) is 51.0 Å². The van der Waals surface area contributed by atoms with Crippen molar-refractivity contribution in [2.24, 2.45) is 0 Å². The molecule has 1 fully saturated rings. The number of piperazine rings is 1. The summed E-state index contributed by atoms with van der Waals surface area (Å²) < 4.78 is 20.7. The van der Waals surface area contributed by atoms with Crippen molar-refractivity contribution in [2.45, 2.75) is 51.4 Å². The van der Waals surface area contributed by atoms with Crippen LogP contribution in [0, 0.1) is 17.1 Å². The van der Waals surface area contributed by atoms with Gasteiger partial charge in [-0.25, -0.2) is 14.2 Å². The number of nitrogens with zero attached hydrogens (tertiary/aromatic N) is 5. The van der Waals surface area contributed by atoms with E-state index in [4.69, 9.17) is 4.74 Å². The lowest BCUT2D eigenvalue weighted by Gasteiger charge is -2.42. The second kappa shape index (κ2) is 9.67. The topological polar surface area (TPSA) is 94.6 Å². The Morgan fingerprint density at radius 1 is 1.34 bits per heavy atom. The van der Waals surface area contributed by atoms with Gasteiger partial charge in [-0.3, -0.25) is 4.90 Å². The van der Waals surface area contributed by atoms with Crippen molar-refractivity contribution in [1.29, 1.82) is 5.26 Å². The molecule has 0 bridgehead atoms. The number of halogens is 1. The van der Waals surface area contributed by atoms with Crippen molar-refractivity contribution in [1.82, 2.24) is 19.4 Å². The van der Waals surface area contributed by atoms with Gasteiger partial charge < -0.3 is 19.3 Å². The van der Waals surface area contributed by atoms with E-state index in [1.807, 2.05) is 16.4 Å². The molecule has 8 nitrogen and oxygen atoms in total. The predicted octanol–water partition coefficient (Wildman–Crippen LogP) is 3.11. The standard InChI is InChI=1S/C23H30FN5O3/c1-16(17-5-7-18(24)8-6-17)29-15-26-12-21(29)20(11-25)28-10-9-27(13-19(28)14-30)22(31)32-23(2,3)4/h5-8,12,15-16,19-20,30H,9-10,13-14H2,1-4H3/t16-,19?,20?/m1/s1. The number of aromatic nitrogens is 2. The fraction of sp³-hybridized carbons (Fsp3) is 0.522. The van der Waals surface area contributed by atoms with Gasteiger partial charge in [0.15, 0.2) is 0 Å². The first-order chi connectivity index (χ1) is 15.1. The summed E-state index contributed by atoms with van der Waals surface area (Å²) in [6.45, 7) is 8.20. The second-order valence-electron chi connectivity index (χ2n) is 8.99. The van der Waals surface area contributed by atoms with Gasteiger partial charge in [0.1, 0.15) is 17.5 Å². The number of aliphatic hydroxyl groups is 1. The molecule has 0 spiro atoms. The molecule has 0 radical (unpaired) electrons. The summed E-state index contributed by atoms with van der Waals surface area (Å²) in [6.07, 6.45) is 2.86. The van der Waals surface area contributed by atoms with Gasteiger partial charge in [-0.2, -0.15) is 5.26 Å². The molecule has 0 saturated carbocycles. The van der Waals surface area contributed by atoms with E-state index in [9.17, 15) is 19.6 Å². The minimum Gasteiger partial charge on any atom is -0.444 e. The Morgan fingerprint density at radius 2 is 2.03 bits per heavy atom. The molecule has 1 aliphatic heterocycles. The molecule has 3 rings (SSSR count). The number of ether oxygens (including phenoxy) is 1. The van der Waals surface area contributed by atoms with Crippen molar-refractivity contribution in [3.05, 3.63) is 53.9 Å². The molecule has 1 aromatic heterocycles. The van der Waals surface area contributed by atoms with Gasteiger partial charge in [0, 0.05) is 19.6 Å². The van der Waals surface area contributed by atoms with E-state index in [-0.39, 0.29) is 25.0 Å². The molecular weight excluding hydrogens is 413 g/mol. The SMILES string of the molecule is C[C@H](c1ccc(F)cc1)n1cncc1C(C#N)N1CCN(C(=O)OC(C)(C)C)CC1CO. The molecule has 1 aliphatic rings. The third-order valence-corrected chi connectivity index (χ3v) is 5.59. The molecule has 32 heavy (non-hydrogen) atoms. The van der Waals surface area contributed by atoms with Crippen molar-refractivity contribution >= 4 is 6.09 Å². The molecule has 2 aromatic rings. The van der Waals surface area contributed by atoms with E-state index in [1.54, 1.807) is 50.3 Å². The average molecular weight is 444 g/mol. The van der Waals surface area contributed by atoms with Gasteiger partial charge in [-0.05, 0) is 45.4 Å². The molecule has 3 atom stereocenters. The van der Waals surface area contributed by atoms with Crippen LogP contribution in [0.5, 0.6) is 0 Å². The first kappa shape index (κ1) is 23.7. The number of nitriles is 1. The van der Waals surface area contributed by atoms with Crippen molar-refractivity contribution in [2.75, 3.05) is 26.2 Å². The third-order valence-electron chi connectivity index (χ3n) is 5.59. The Balaban J connectivity index is 1.81. The smallest absolute Gasteiger partial charge is 0.410 e. The lowest BCUT2D eigenvalue weighted by atomic mass is 10.0. The van der Waals surface area contributed by atoms with Crippen LogP contribution in [0.25, 0.3) is 0 Å². The summed E-state index contributed by atoms with van der Waals surface area (Å²) in [5.74, 6) is -0.310. The first-order valence-corrected chi connectivity index (χ1v) is 10.7. The summed E-state index contributed by atoms with van der Waals surface area (Å²) >= 11 is 0. The zero-order valence-corrected chi connectivity index (χ0v) is 18.9. The Bertz CT molecular complexity index is 963. The molecule has 1 amide bonds. The zero-order chi connectivity index (χ0) is 23.5. The number of aliphatic hydroxyl groups excluding tert-OH is 1. The Hall–Kier alpha value is -2.96. The van der Waals surface area contributed by atoms with Gasteiger partial charge in [0.25, 0.3) is 0 Å². The molecule has 1 N–H and O–H groups in total. The fourth-order valence-electron chi connectivity index (χ4n) is 3.93. The van der Waals surface area contributed by atoms with Crippen LogP contribution < -0.4 is 0 Å². The second-order valence-corrected chi connectivity index (χ2v) is 8.99. The molecule has 0 aliphatic carbocycles. The maximum atomic E-state index is 13.3. The maximum absolute atomic E-state index is 13.3. The quantitative estimate of drug-likeness (QED) is 0.763. The van der Waals surface area contributed by atoms with E-state index in [0.29, 0.717) is 18.8 Å². The lowest BCUT2D eigenvalue weighted by Crippen LogP contribution is -2.57. The van der Waals surface area contributed by atoms with Gasteiger partial charge in [0.2, 0.25) is 0 Å². The zero-order valence-electron chi connectivity index (χ0n) is 18.9. The predicted molar refractivity (Wildman–Crippen MR) is 116 cm³/mol. The average Bonchev–Trinajstić information content (AvgIpc) is 3.22. The third kappa shape index (κ3) is 5.26. The van der Waals surface area contributed by atoms with E-state index in [2.05, 4.69) is 11.1 Å². The maximum Gasteiger partial charge on any atom is 0.410 e. The number of hydrogen-bond acceptors (Lipinski definition) is 6. The largest absolute Gasteiger partial charge is 0.444 e. The van der Waals surface area contributed by atoms with E-state index < -0.39 is 23.8 Å². The number of benzene rings is 1. The normalized spacial score (nSPS) is 19.3. The monoisotopic (exact) mass is 443 g/mol. The van der Waals surface area contributed by atoms with Gasteiger partial charge in [-0.15, -0.1) is 0 Å². The summed E-state index contributed by atoms with van der Waals surface area (Å²) in [7, 11) is 0. The van der Waals surface area contributed by atoms with Crippen LogP contribution in [-0.4, -0.2) is 68.4 Å². The number of amides is 1. The minimum absolute atomic E-state index is 0.167. The van der Waals surface area contributed by atoms with Gasteiger partial charge in [0.05, 0.1) is 43.0 Å². The highest BCUT2D eigenvalue weighted by Crippen LogP contribution is 2.29. The van der Waals surface area contributed by atoms with E-state index in [0.717, 1.165) is 5.56 Å². The molecule has 172 valence electrons. The summed E-state index contributed by atoms with van der Waals surface area (Å²) in [5, 5.41) is 20.1. The van der Waals surface area contributed by atoms with Crippen molar-refractivity contribution in [3.63, 3.8) is 0 Å². The Kier molecular flexibility index (Phi) is 7.16. The van der Waals surface area contributed by atoms with Crippen LogP contribution in [0.2, 0.25) is 0 Å². The van der Waals surface area contributed by atoms with Crippen LogP contribution >= 0.6 is 0 Å². The minimum atomic E-state index is -0.668. The highest BCUT2D eigenvalue weighted by molar-refractivity contribution is 5.68. The van der Waals surface area contributed by atoms with Crippen LogP contribution in [-0.2, 0) is 4.74 Å². The molecule has 9 heteroatoms. The Labute approximate surface area is 187 Å². The van der Waals surface area contributed by atoms with Gasteiger partial charge in [-0.1, -0.05) is 12.1 Å². The Morgan fingerprint density at radius 3 is 2.62 bits per heavy atom. The number of hydrogen-bond donors (Lipinski definition) is 1. The van der Waals surface area contributed by atoms with E-state index in [1.165, 1.54) is 12.1 Å². The highest BCUT2D eigenvalue weighted by Gasteiger charge is 2.37. The lowest BCUT2D eigenvalue weighted by molar-refractivity contribution is -0.0107. The summed E-state index contributed by atoms with van der Waals surface area (Å²) in [6, 6.07) is 7.30. The van der Waals surface area contributed by atoms with Crippen molar-refractivity contribution in [3.8, 4) is 6.07 Å². The number of carbonyl (C=O) groups excluding carboxylic acids is 1. The first-order valence-electron chi connectivity index (χ1n) is 10.7. The summed E-state index contributed by atoms with van der Waals surface area (Å²) in [4.78, 5) is 20.2. The van der Waals surface area contributed by atoms with Crippen LogP contribution in [0.15, 0.2) is 36.8 Å². The molecule has 2 heterocycles. The number of carbonyl (C=O) groups is 1. The number of rotatable bonds is 5. The van der Waals surface area contributed by atoms with Crippen molar-refractivity contribution < 1.29 is 19.0 Å². The van der Waals surface area contributed by atoms with E-state index >= 15 is 0 Å². The van der Waals surface area contributed by atoms with Gasteiger partial charge >= 0.3 is 6.09 Å². The van der Waals surface area contributed by atoms with Crippen LogP contribution in [0.3, 0.4) is 0 Å². The number of imidazole rings is 1. The highest BCUT2D eigenvalue weighted by atomic mass is 19.1. The fourth-order valence-corrected chi connectivity index (χ4v) is 3.93. The molecule has 1 saturated heterocycles. The molecule has 1 aromatic carbocycles. The molecule has 2 unspecified atom stereocenters.